The van der Waals surface area contributed by atoms with Crippen LogP contribution in [-0.2, 0) is 11.2 Å². The summed E-state index contributed by atoms with van der Waals surface area (Å²) in [6.45, 7) is 5.44. The van der Waals surface area contributed by atoms with Gasteiger partial charge in [-0.25, -0.2) is 0 Å². The standard InChI is InChI=1S/C20H25N3O2/c1-16-15-21-9-8-18(16)22-10-5-11-23(13-12-22)20(24)14-17-6-3-4-7-19(17)25-2/h3-4,6-9,15H,5,10-14H2,1-2H3. The first-order valence-electron chi connectivity index (χ1n) is 8.74. The number of nitrogens with zero attached hydrogens (tertiary/aromatic N) is 3. The number of benzene rings is 1. The first kappa shape index (κ1) is 17.3. The lowest BCUT2D eigenvalue weighted by molar-refractivity contribution is -0.130. The molecule has 132 valence electrons. The summed E-state index contributed by atoms with van der Waals surface area (Å²) in [7, 11) is 1.64. The number of aromatic nitrogens is 1. The molecule has 1 aliphatic heterocycles. The Hall–Kier alpha value is -2.56. The number of aryl methyl sites for hydroxylation is 1. The van der Waals surface area contributed by atoms with Gasteiger partial charge in [-0.2, -0.15) is 0 Å². The molecule has 2 aromatic rings. The lowest BCUT2D eigenvalue weighted by Crippen LogP contribution is -2.36. The quantitative estimate of drug-likeness (QED) is 0.859. The zero-order valence-electron chi connectivity index (χ0n) is 14.9. The molecule has 0 spiro atoms. The summed E-state index contributed by atoms with van der Waals surface area (Å²) >= 11 is 0. The number of amides is 1. The second-order valence-corrected chi connectivity index (χ2v) is 6.37. The van der Waals surface area contributed by atoms with Crippen molar-refractivity contribution in [2.75, 3.05) is 38.2 Å². The molecule has 0 unspecified atom stereocenters. The zero-order chi connectivity index (χ0) is 17.6. The second kappa shape index (κ2) is 8.01. The predicted octanol–water partition coefficient (Wildman–Crippen LogP) is 2.68. The molecule has 0 aliphatic carbocycles. The SMILES string of the molecule is COc1ccccc1CC(=O)N1CCCN(c2ccncc2C)CC1. The van der Waals surface area contributed by atoms with Crippen molar-refractivity contribution in [3.63, 3.8) is 0 Å². The topological polar surface area (TPSA) is 45.7 Å². The smallest absolute Gasteiger partial charge is 0.227 e. The van der Waals surface area contributed by atoms with Crippen LogP contribution in [0.5, 0.6) is 5.75 Å². The molecule has 0 N–H and O–H groups in total. The number of carbonyl (C=O) groups is 1. The average molecular weight is 339 g/mol. The molecule has 5 nitrogen and oxygen atoms in total. The fourth-order valence-corrected chi connectivity index (χ4v) is 3.35. The van der Waals surface area contributed by atoms with Gasteiger partial charge < -0.3 is 14.5 Å². The third-order valence-electron chi connectivity index (χ3n) is 4.71. The highest BCUT2D eigenvalue weighted by Crippen LogP contribution is 2.21. The van der Waals surface area contributed by atoms with Crippen molar-refractivity contribution in [2.24, 2.45) is 0 Å². The van der Waals surface area contributed by atoms with Gasteiger partial charge in [0.25, 0.3) is 0 Å². The molecular weight excluding hydrogens is 314 g/mol. The van der Waals surface area contributed by atoms with Crippen LogP contribution in [0.25, 0.3) is 0 Å². The molecule has 25 heavy (non-hydrogen) atoms. The Morgan fingerprint density at radius 2 is 2.00 bits per heavy atom. The minimum atomic E-state index is 0.165. The molecule has 5 heteroatoms. The molecule has 1 aromatic heterocycles. The summed E-state index contributed by atoms with van der Waals surface area (Å²) in [6.07, 6.45) is 5.08. The molecule has 0 radical (unpaired) electrons. The monoisotopic (exact) mass is 339 g/mol. The Morgan fingerprint density at radius 3 is 2.80 bits per heavy atom. The van der Waals surface area contributed by atoms with Gasteiger partial charge in [0, 0.05) is 49.8 Å². The Bertz CT molecular complexity index is 732. The molecule has 2 heterocycles. The lowest BCUT2D eigenvalue weighted by Gasteiger charge is -2.25. The van der Waals surface area contributed by atoms with Crippen molar-refractivity contribution in [3.8, 4) is 5.75 Å². The van der Waals surface area contributed by atoms with Crippen LogP contribution in [0.4, 0.5) is 5.69 Å². The summed E-state index contributed by atoms with van der Waals surface area (Å²) in [5.41, 5.74) is 3.34. The fraction of sp³-hybridized carbons (Fsp3) is 0.400. The van der Waals surface area contributed by atoms with E-state index in [1.54, 1.807) is 7.11 Å². The molecule has 1 fully saturated rings. The maximum absolute atomic E-state index is 12.7. The molecule has 1 aromatic carbocycles. The Balaban J connectivity index is 1.65. The largest absolute Gasteiger partial charge is 0.496 e. The highest BCUT2D eigenvalue weighted by atomic mass is 16.5. The minimum Gasteiger partial charge on any atom is -0.496 e. The van der Waals surface area contributed by atoms with Crippen LogP contribution in [0.2, 0.25) is 0 Å². The number of para-hydroxylation sites is 1. The molecule has 0 saturated carbocycles. The van der Waals surface area contributed by atoms with E-state index in [9.17, 15) is 4.79 Å². The van der Waals surface area contributed by atoms with Gasteiger partial charge in [-0.1, -0.05) is 18.2 Å². The van der Waals surface area contributed by atoms with E-state index < -0.39 is 0 Å². The predicted molar refractivity (Wildman–Crippen MR) is 99.1 cm³/mol. The van der Waals surface area contributed by atoms with Gasteiger partial charge in [0.1, 0.15) is 5.75 Å². The zero-order valence-corrected chi connectivity index (χ0v) is 14.9. The molecule has 3 rings (SSSR count). The summed E-state index contributed by atoms with van der Waals surface area (Å²) in [6, 6.07) is 9.79. The summed E-state index contributed by atoms with van der Waals surface area (Å²) in [5, 5.41) is 0. The van der Waals surface area contributed by atoms with Crippen LogP contribution in [0.3, 0.4) is 0 Å². The van der Waals surface area contributed by atoms with Crippen LogP contribution in [-0.4, -0.2) is 49.1 Å². The number of hydrogen-bond acceptors (Lipinski definition) is 4. The Kier molecular flexibility index (Phi) is 5.53. The second-order valence-electron chi connectivity index (χ2n) is 6.37. The molecule has 1 saturated heterocycles. The Morgan fingerprint density at radius 1 is 1.16 bits per heavy atom. The Labute approximate surface area is 149 Å². The van der Waals surface area contributed by atoms with Gasteiger partial charge in [-0.3, -0.25) is 9.78 Å². The first-order chi connectivity index (χ1) is 12.2. The van der Waals surface area contributed by atoms with Gasteiger partial charge in [0.15, 0.2) is 0 Å². The van der Waals surface area contributed by atoms with Gasteiger partial charge in [0.2, 0.25) is 5.91 Å². The maximum Gasteiger partial charge on any atom is 0.227 e. The summed E-state index contributed by atoms with van der Waals surface area (Å²) in [5.74, 6) is 0.942. The molecular formula is C20H25N3O2. The van der Waals surface area contributed by atoms with E-state index in [0.29, 0.717) is 6.42 Å². The lowest BCUT2D eigenvalue weighted by atomic mass is 10.1. The fourth-order valence-electron chi connectivity index (χ4n) is 3.35. The minimum absolute atomic E-state index is 0.165. The summed E-state index contributed by atoms with van der Waals surface area (Å²) in [4.78, 5) is 21.2. The van der Waals surface area contributed by atoms with Gasteiger partial charge in [0.05, 0.1) is 13.5 Å². The van der Waals surface area contributed by atoms with Gasteiger partial charge in [-0.05, 0) is 31.0 Å². The van der Waals surface area contributed by atoms with E-state index in [1.807, 2.05) is 41.6 Å². The van der Waals surface area contributed by atoms with Crippen LogP contribution in [0.15, 0.2) is 42.7 Å². The van der Waals surface area contributed by atoms with Crippen molar-refractivity contribution in [2.45, 2.75) is 19.8 Å². The van der Waals surface area contributed by atoms with Crippen LogP contribution in [0.1, 0.15) is 17.5 Å². The average Bonchev–Trinajstić information content (AvgIpc) is 2.89. The van der Waals surface area contributed by atoms with E-state index >= 15 is 0 Å². The molecule has 1 amide bonds. The van der Waals surface area contributed by atoms with Crippen molar-refractivity contribution in [1.29, 1.82) is 0 Å². The third kappa shape index (κ3) is 4.10. The number of ether oxygens (including phenoxy) is 1. The van der Waals surface area contributed by atoms with Gasteiger partial charge >= 0.3 is 0 Å². The van der Waals surface area contributed by atoms with E-state index in [4.69, 9.17) is 4.74 Å². The normalized spacial score (nSPS) is 15.0. The molecule has 0 atom stereocenters. The van der Waals surface area contributed by atoms with Crippen molar-refractivity contribution in [3.05, 3.63) is 53.9 Å². The van der Waals surface area contributed by atoms with E-state index in [2.05, 4.69) is 22.9 Å². The number of methoxy groups -OCH3 is 1. The van der Waals surface area contributed by atoms with Crippen LogP contribution >= 0.6 is 0 Å². The summed E-state index contributed by atoms with van der Waals surface area (Å²) < 4.78 is 5.36. The molecule has 0 bridgehead atoms. The number of pyridine rings is 1. The van der Waals surface area contributed by atoms with E-state index in [-0.39, 0.29) is 5.91 Å². The highest BCUT2D eigenvalue weighted by molar-refractivity contribution is 5.79. The number of carbonyl (C=O) groups excluding carboxylic acids is 1. The van der Waals surface area contributed by atoms with Crippen molar-refractivity contribution < 1.29 is 9.53 Å². The van der Waals surface area contributed by atoms with Crippen LogP contribution in [0, 0.1) is 6.92 Å². The van der Waals surface area contributed by atoms with Crippen LogP contribution < -0.4 is 9.64 Å². The number of rotatable bonds is 4. The van der Waals surface area contributed by atoms with Crippen molar-refractivity contribution in [1.82, 2.24) is 9.88 Å². The first-order valence-corrected chi connectivity index (χ1v) is 8.74. The van der Waals surface area contributed by atoms with E-state index in [1.165, 1.54) is 11.3 Å². The highest BCUT2D eigenvalue weighted by Gasteiger charge is 2.21. The van der Waals surface area contributed by atoms with Crippen molar-refractivity contribution >= 4 is 11.6 Å². The van der Waals surface area contributed by atoms with E-state index in [0.717, 1.165) is 43.9 Å². The maximum atomic E-state index is 12.7. The number of hydrogen-bond donors (Lipinski definition) is 0. The third-order valence-corrected chi connectivity index (χ3v) is 4.71. The van der Waals surface area contributed by atoms with Gasteiger partial charge in [-0.15, -0.1) is 0 Å². The number of anilines is 1. The molecule has 1 aliphatic rings.